The lowest BCUT2D eigenvalue weighted by atomic mass is 9.45. The Morgan fingerprint density at radius 3 is 1.64 bits per heavy atom. The van der Waals surface area contributed by atoms with Crippen LogP contribution in [0.1, 0.15) is 84.6 Å². The Bertz CT molecular complexity index is 3550. The zero-order chi connectivity index (χ0) is 44.2. The highest BCUT2D eigenvalue weighted by atomic mass is 15.0. The molecule has 0 spiro atoms. The molecule has 2 aliphatic rings. The molecule has 2 aliphatic heterocycles. The van der Waals surface area contributed by atoms with Gasteiger partial charge in [-0.3, -0.25) is 0 Å². The standard InChI is InChI=1S/C59H53BN4/c1-34-25-43-46-30-39(58(5,6)7)29-44-41-27-37(56-61-48(35-17-13-11-14-18-35)33-49(62-56)36-19-15-12-16-20-36)21-23-51(41)64(54(44)46)60-47-32-40(59(8,9)10)31-45-42-28-38(57(2,3)4)22-24-50(42)63(55(45)47)52(26-34)53(43)60/h11-33H,1-10H3. The van der Waals surface area contributed by atoms with E-state index in [1.54, 1.807) is 0 Å². The van der Waals surface area contributed by atoms with Crippen LogP contribution in [0.3, 0.4) is 0 Å². The number of aryl methyl sites for hydroxylation is 1. The van der Waals surface area contributed by atoms with Crippen LogP contribution in [0.4, 0.5) is 0 Å². The van der Waals surface area contributed by atoms with Gasteiger partial charge in [-0.05, 0) is 123 Å². The summed E-state index contributed by atoms with van der Waals surface area (Å²) in [5.41, 5.74) is 22.0. The number of rotatable bonds is 3. The molecule has 0 amide bonds. The van der Waals surface area contributed by atoms with Crippen molar-refractivity contribution in [3.8, 4) is 50.7 Å². The predicted molar refractivity (Wildman–Crippen MR) is 272 cm³/mol. The molecule has 5 heterocycles. The van der Waals surface area contributed by atoms with Crippen LogP contribution in [-0.2, 0) is 16.2 Å². The van der Waals surface area contributed by atoms with E-state index in [1.165, 1.54) is 93.6 Å². The first-order chi connectivity index (χ1) is 30.5. The van der Waals surface area contributed by atoms with Gasteiger partial charge in [-0.15, -0.1) is 0 Å². The van der Waals surface area contributed by atoms with Crippen molar-refractivity contribution >= 4 is 61.4 Å². The second-order valence-corrected chi connectivity index (χ2v) is 21.6. The van der Waals surface area contributed by atoms with E-state index in [1.807, 2.05) is 0 Å². The van der Waals surface area contributed by atoms with Crippen LogP contribution in [0, 0.1) is 6.92 Å². The number of hydrogen-bond donors (Lipinski definition) is 0. The van der Waals surface area contributed by atoms with Crippen molar-refractivity contribution in [2.75, 3.05) is 0 Å². The van der Waals surface area contributed by atoms with Crippen LogP contribution < -0.4 is 10.9 Å². The maximum Gasteiger partial charge on any atom is 0.333 e. The maximum atomic E-state index is 5.30. The number of aromatic nitrogens is 4. The minimum atomic E-state index is -0.0725. The quantitative estimate of drug-likeness (QED) is 0.166. The molecule has 64 heavy (non-hydrogen) atoms. The highest BCUT2D eigenvalue weighted by Crippen LogP contribution is 2.47. The third kappa shape index (κ3) is 5.68. The van der Waals surface area contributed by atoms with Gasteiger partial charge in [0, 0.05) is 60.5 Å². The molecule has 7 aromatic carbocycles. The Labute approximate surface area is 376 Å². The van der Waals surface area contributed by atoms with E-state index in [4.69, 9.17) is 9.97 Å². The Morgan fingerprint density at radius 2 is 1.02 bits per heavy atom. The summed E-state index contributed by atoms with van der Waals surface area (Å²) < 4.78 is 5.32. The highest BCUT2D eigenvalue weighted by Gasteiger charge is 2.43. The fraction of sp³-hybridized carbons (Fsp3) is 0.220. The molecule has 0 saturated heterocycles. The van der Waals surface area contributed by atoms with Gasteiger partial charge in [-0.1, -0.05) is 141 Å². The van der Waals surface area contributed by atoms with Crippen LogP contribution in [-0.4, -0.2) is 25.9 Å². The smallest absolute Gasteiger partial charge is 0.333 e. The van der Waals surface area contributed by atoms with E-state index >= 15 is 0 Å². The SMILES string of the molecule is Cc1cc2c3c(c1)-n1c4ccc(C(C)(C)C)cc4c4cc(C(C)(C)C)cc(c41)B3n1c3ccc(-c4nc(-c5ccccc5)cc(-c5ccccc5)n4)cc3c3cc(C(C)(C)C)cc-2c31. The van der Waals surface area contributed by atoms with Crippen LogP contribution >= 0.6 is 0 Å². The van der Waals surface area contributed by atoms with Crippen molar-refractivity contribution in [3.05, 3.63) is 162 Å². The summed E-state index contributed by atoms with van der Waals surface area (Å²) in [7, 11) is 0. The molecule has 0 radical (unpaired) electrons. The lowest BCUT2D eigenvalue weighted by molar-refractivity contribution is 0.590. The summed E-state index contributed by atoms with van der Waals surface area (Å²) >= 11 is 0. The number of fused-ring (bicyclic) bond motifs is 10. The highest BCUT2D eigenvalue weighted by molar-refractivity contribution is 6.90. The van der Waals surface area contributed by atoms with Crippen LogP contribution in [0.15, 0.2) is 140 Å². The molecule has 0 fully saturated rings. The third-order valence-electron chi connectivity index (χ3n) is 14.2. The third-order valence-corrected chi connectivity index (χ3v) is 14.2. The van der Waals surface area contributed by atoms with E-state index in [-0.39, 0.29) is 23.1 Å². The van der Waals surface area contributed by atoms with Gasteiger partial charge in [-0.25, -0.2) is 9.97 Å². The second kappa shape index (κ2) is 13.2. The summed E-state index contributed by atoms with van der Waals surface area (Å²) in [6.07, 6.45) is 0. The molecular formula is C59H53BN4. The Hall–Kier alpha value is -6.72. The molecule has 10 aromatic rings. The molecule has 0 atom stereocenters. The summed E-state index contributed by atoms with van der Waals surface area (Å²) in [5, 5.41) is 5.17. The van der Waals surface area contributed by atoms with Crippen molar-refractivity contribution in [1.29, 1.82) is 0 Å². The van der Waals surface area contributed by atoms with Gasteiger partial charge in [0.25, 0.3) is 0 Å². The summed E-state index contributed by atoms with van der Waals surface area (Å²) in [6.45, 7) is 23.3. The number of benzene rings is 7. The molecule has 4 nitrogen and oxygen atoms in total. The van der Waals surface area contributed by atoms with Crippen molar-refractivity contribution in [3.63, 3.8) is 0 Å². The molecule has 0 unspecified atom stereocenters. The first-order valence-corrected chi connectivity index (χ1v) is 22.9. The number of nitrogens with zero attached hydrogens (tertiary/aromatic N) is 4. The molecule has 12 rings (SSSR count). The van der Waals surface area contributed by atoms with Gasteiger partial charge in [0.1, 0.15) is 0 Å². The van der Waals surface area contributed by atoms with Crippen LogP contribution in [0.5, 0.6) is 0 Å². The Kier molecular flexibility index (Phi) is 8.01. The molecule has 0 bridgehead atoms. The van der Waals surface area contributed by atoms with E-state index in [0.29, 0.717) is 0 Å². The minimum Gasteiger partial charge on any atom is -0.375 e. The summed E-state index contributed by atoms with van der Waals surface area (Å²) in [5.74, 6) is 0.725. The van der Waals surface area contributed by atoms with Crippen LogP contribution in [0.2, 0.25) is 0 Å². The average Bonchev–Trinajstić information content (AvgIpc) is 3.78. The molecule has 0 saturated carbocycles. The molecule has 0 aliphatic carbocycles. The Morgan fingerprint density at radius 1 is 0.453 bits per heavy atom. The fourth-order valence-corrected chi connectivity index (χ4v) is 10.8. The second-order valence-electron chi connectivity index (χ2n) is 21.6. The molecule has 0 N–H and O–H groups in total. The largest absolute Gasteiger partial charge is 0.375 e. The van der Waals surface area contributed by atoms with Gasteiger partial charge in [0.2, 0.25) is 0 Å². The maximum absolute atomic E-state index is 5.30. The zero-order valence-electron chi connectivity index (χ0n) is 38.6. The van der Waals surface area contributed by atoms with Gasteiger partial charge >= 0.3 is 6.85 Å². The van der Waals surface area contributed by atoms with E-state index in [0.717, 1.165) is 33.9 Å². The van der Waals surface area contributed by atoms with Crippen molar-refractivity contribution in [1.82, 2.24) is 19.0 Å². The van der Waals surface area contributed by atoms with Crippen LogP contribution in [0.25, 0.3) is 94.3 Å². The summed E-state index contributed by atoms with van der Waals surface area (Å²) in [6, 6.07) is 52.3. The molecular weight excluding hydrogens is 775 g/mol. The first-order valence-electron chi connectivity index (χ1n) is 22.9. The van der Waals surface area contributed by atoms with Crippen molar-refractivity contribution in [2.24, 2.45) is 0 Å². The van der Waals surface area contributed by atoms with E-state index in [2.05, 4.69) is 218 Å². The zero-order valence-corrected chi connectivity index (χ0v) is 38.6. The van der Waals surface area contributed by atoms with E-state index in [9.17, 15) is 0 Å². The fourth-order valence-electron chi connectivity index (χ4n) is 10.8. The Balaban J connectivity index is 1.20. The first kappa shape index (κ1) is 38.9. The molecule has 3 aromatic heterocycles. The topological polar surface area (TPSA) is 35.6 Å². The summed E-state index contributed by atoms with van der Waals surface area (Å²) in [4.78, 5) is 10.6. The average molecular weight is 829 g/mol. The minimum absolute atomic E-state index is 0.0261. The van der Waals surface area contributed by atoms with Gasteiger partial charge in [-0.2, -0.15) is 0 Å². The molecule has 5 heteroatoms. The van der Waals surface area contributed by atoms with Gasteiger partial charge in [0.05, 0.1) is 22.4 Å². The number of hydrogen-bond acceptors (Lipinski definition) is 2. The van der Waals surface area contributed by atoms with Crippen molar-refractivity contribution in [2.45, 2.75) is 85.5 Å². The van der Waals surface area contributed by atoms with Gasteiger partial charge in [0.15, 0.2) is 5.82 Å². The monoisotopic (exact) mass is 828 g/mol. The normalized spacial score (nSPS) is 13.4. The molecule has 312 valence electrons. The van der Waals surface area contributed by atoms with E-state index < -0.39 is 0 Å². The van der Waals surface area contributed by atoms with Crippen molar-refractivity contribution < 1.29 is 0 Å². The van der Waals surface area contributed by atoms with Gasteiger partial charge < -0.3 is 9.05 Å². The predicted octanol–water partition coefficient (Wildman–Crippen LogP) is 13.8. The lowest BCUT2D eigenvalue weighted by Gasteiger charge is -2.35. The lowest BCUT2D eigenvalue weighted by Crippen LogP contribution is -2.55.